The molecule has 1 aliphatic heterocycles. The lowest BCUT2D eigenvalue weighted by molar-refractivity contribution is -0.118. The number of amides is 1. The first-order valence-electron chi connectivity index (χ1n) is 9.71. The summed E-state index contributed by atoms with van der Waals surface area (Å²) in [5, 5.41) is 0. The Morgan fingerprint density at radius 1 is 1.13 bits per heavy atom. The fourth-order valence-electron chi connectivity index (χ4n) is 3.67. The van der Waals surface area contributed by atoms with E-state index in [4.69, 9.17) is 4.74 Å². The Balaban J connectivity index is 1.85. The largest absolute Gasteiger partial charge is 0.495 e. The first-order valence-corrected chi connectivity index (χ1v) is 11.1. The standard InChI is InChI=1S/C22H26N2O5S/c1-15-7-12-20(29-4)22-19(15)6-5-13-24(22)21(26)14-23(3)30(27,28)18-10-8-17(9-11-18)16(2)25/h7-12H,5-6,13-14H2,1-4H3. The highest BCUT2D eigenvalue weighted by Gasteiger charge is 2.30. The van der Waals surface area contributed by atoms with E-state index in [1.807, 2.05) is 19.1 Å². The molecular weight excluding hydrogens is 404 g/mol. The Labute approximate surface area is 177 Å². The van der Waals surface area contributed by atoms with Crippen molar-refractivity contribution in [2.45, 2.75) is 31.6 Å². The maximum Gasteiger partial charge on any atom is 0.243 e. The minimum absolute atomic E-state index is 0.0373. The Morgan fingerprint density at radius 3 is 2.40 bits per heavy atom. The van der Waals surface area contributed by atoms with Gasteiger partial charge in [0.1, 0.15) is 5.75 Å². The number of Topliss-reactive ketones (excluding diaryl/α,β-unsaturated/α-hetero) is 1. The molecule has 0 N–H and O–H groups in total. The van der Waals surface area contributed by atoms with Crippen molar-refractivity contribution in [1.82, 2.24) is 4.31 Å². The van der Waals surface area contributed by atoms with Gasteiger partial charge in [-0.3, -0.25) is 9.59 Å². The van der Waals surface area contributed by atoms with E-state index in [0.717, 1.165) is 34.0 Å². The van der Waals surface area contributed by atoms with Crippen LogP contribution in [0.15, 0.2) is 41.3 Å². The molecule has 3 rings (SSSR count). The highest BCUT2D eigenvalue weighted by Crippen LogP contribution is 2.38. The highest BCUT2D eigenvalue weighted by atomic mass is 32.2. The molecule has 0 saturated heterocycles. The van der Waals surface area contributed by atoms with Crippen molar-refractivity contribution in [3.63, 3.8) is 0 Å². The summed E-state index contributed by atoms with van der Waals surface area (Å²) >= 11 is 0. The smallest absolute Gasteiger partial charge is 0.243 e. The molecule has 160 valence electrons. The van der Waals surface area contributed by atoms with Crippen LogP contribution >= 0.6 is 0 Å². The van der Waals surface area contributed by atoms with Gasteiger partial charge in [-0.25, -0.2) is 8.42 Å². The quantitative estimate of drug-likeness (QED) is 0.658. The molecule has 0 radical (unpaired) electrons. The Kier molecular flexibility index (Phi) is 6.28. The van der Waals surface area contributed by atoms with Gasteiger partial charge in [0.15, 0.2) is 5.78 Å². The average molecular weight is 431 g/mol. The monoisotopic (exact) mass is 430 g/mol. The number of ether oxygens (including phenoxy) is 1. The van der Waals surface area contributed by atoms with E-state index < -0.39 is 10.0 Å². The number of likely N-dealkylation sites (N-methyl/N-ethyl adjacent to an activating group) is 1. The van der Waals surface area contributed by atoms with Crippen molar-refractivity contribution in [1.29, 1.82) is 0 Å². The summed E-state index contributed by atoms with van der Waals surface area (Å²) in [7, 11) is -0.935. The predicted molar refractivity (Wildman–Crippen MR) is 115 cm³/mol. The van der Waals surface area contributed by atoms with Crippen molar-refractivity contribution in [2.75, 3.05) is 32.1 Å². The number of sulfonamides is 1. The lowest BCUT2D eigenvalue weighted by Gasteiger charge is -2.33. The third kappa shape index (κ3) is 4.11. The van der Waals surface area contributed by atoms with Gasteiger partial charge in [-0.2, -0.15) is 4.31 Å². The van der Waals surface area contributed by atoms with Crippen LogP contribution in [0.5, 0.6) is 5.75 Å². The number of carbonyl (C=O) groups is 2. The molecular formula is C22H26N2O5S. The second kappa shape index (κ2) is 8.57. The fraction of sp³-hybridized carbons (Fsp3) is 0.364. The van der Waals surface area contributed by atoms with Crippen LogP contribution in [-0.4, -0.2) is 51.7 Å². The number of methoxy groups -OCH3 is 1. The maximum atomic E-state index is 13.1. The van der Waals surface area contributed by atoms with E-state index in [1.165, 1.54) is 38.2 Å². The van der Waals surface area contributed by atoms with Gasteiger partial charge in [-0.15, -0.1) is 0 Å². The molecule has 2 aromatic carbocycles. The van der Waals surface area contributed by atoms with Crippen molar-refractivity contribution in [3.8, 4) is 5.75 Å². The zero-order valence-electron chi connectivity index (χ0n) is 17.6. The van der Waals surface area contributed by atoms with Crippen molar-refractivity contribution < 1.29 is 22.7 Å². The summed E-state index contributed by atoms with van der Waals surface area (Å²) in [6.45, 7) is 3.62. The van der Waals surface area contributed by atoms with Gasteiger partial charge in [-0.05, 0) is 56.0 Å². The molecule has 0 aliphatic carbocycles. The van der Waals surface area contributed by atoms with Crippen LogP contribution in [0, 0.1) is 6.92 Å². The SMILES string of the molecule is COc1ccc(C)c2c1N(C(=O)CN(C)S(=O)(=O)c1ccc(C(C)=O)cc1)CCC2. The van der Waals surface area contributed by atoms with Crippen molar-refractivity contribution in [3.05, 3.63) is 53.1 Å². The summed E-state index contributed by atoms with van der Waals surface area (Å²) in [4.78, 5) is 26.2. The molecule has 1 amide bonds. The van der Waals surface area contributed by atoms with Crippen molar-refractivity contribution in [2.24, 2.45) is 0 Å². The lowest BCUT2D eigenvalue weighted by Crippen LogP contribution is -2.43. The first kappa shape index (κ1) is 22.0. The van der Waals surface area contributed by atoms with E-state index in [1.54, 1.807) is 12.0 Å². The minimum Gasteiger partial charge on any atom is -0.495 e. The molecule has 0 unspecified atom stereocenters. The highest BCUT2D eigenvalue weighted by molar-refractivity contribution is 7.89. The van der Waals surface area contributed by atoms with Gasteiger partial charge < -0.3 is 9.64 Å². The third-order valence-corrected chi connectivity index (χ3v) is 7.22. The molecule has 2 aromatic rings. The Hall–Kier alpha value is -2.71. The van der Waals surface area contributed by atoms with E-state index >= 15 is 0 Å². The summed E-state index contributed by atoms with van der Waals surface area (Å²) in [5.74, 6) is 0.149. The van der Waals surface area contributed by atoms with E-state index in [2.05, 4.69) is 0 Å². The topological polar surface area (TPSA) is 84.0 Å². The molecule has 1 aliphatic rings. The zero-order valence-corrected chi connectivity index (χ0v) is 18.5. The van der Waals surface area contributed by atoms with Crippen LogP contribution in [0.3, 0.4) is 0 Å². The maximum absolute atomic E-state index is 13.1. The van der Waals surface area contributed by atoms with Gasteiger partial charge in [0.2, 0.25) is 15.9 Å². The fourth-order valence-corrected chi connectivity index (χ4v) is 4.79. The summed E-state index contributed by atoms with van der Waals surface area (Å²) in [6, 6.07) is 9.51. The number of carbonyl (C=O) groups excluding carboxylic acids is 2. The summed E-state index contributed by atoms with van der Waals surface area (Å²) in [6.07, 6.45) is 1.65. The van der Waals surface area contributed by atoms with Crippen LogP contribution in [0.2, 0.25) is 0 Å². The van der Waals surface area contributed by atoms with Gasteiger partial charge in [0, 0.05) is 19.2 Å². The molecule has 0 aromatic heterocycles. The second-order valence-electron chi connectivity index (χ2n) is 7.40. The van der Waals surface area contributed by atoms with E-state index in [-0.39, 0.29) is 23.1 Å². The Bertz CT molecular complexity index is 1080. The normalized spacial score (nSPS) is 13.8. The molecule has 30 heavy (non-hydrogen) atoms. The number of nitrogens with zero attached hydrogens (tertiary/aromatic N) is 2. The van der Waals surface area contributed by atoms with Gasteiger partial charge in [-0.1, -0.05) is 18.2 Å². The van der Waals surface area contributed by atoms with Gasteiger partial charge in [0.05, 0.1) is 24.2 Å². The van der Waals surface area contributed by atoms with Crippen molar-refractivity contribution >= 4 is 27.4 Å². The van der Waals surface area contributed by atoms with Gasteiger partial charge >= 0.3 is 0 Å². The number of hydrogen-bond acceptors (Lipinski definition) is 5. The molecule has 0 spiro atoms. The molecule has 8 heteroatoms. The van der Waals surface area contributed by atoms with Crippen LogP contribution in [-0.2, 0) is 21.2 Å². The van der Waals surface area contributed by atoms with Crippen LogP contribution in [0.4, 0.5) is 5.69 Å². The number of rotatable bonds is 6. The second-order valence-corrected chi connectivity index (χ2v) is 9.45. The minimum atomic E-state index is -3.87. The number of hydrogen-bond donors (Lipinski definition) is 0. The zero-order chi connectivity index (χ0) is 22.1. The molecule has 0 fully saturated rings. The average Bonchev–Trinajstić information content (AvgIpc) is 2.73. The summed E-state index contributed by atoms with van der Waals surface area (Å²) < 4.78 is 32.3. The predicted octanol–water partition coefficient (Wildman–Crippen LogP) is 2.81. The number of fused-ring (bicyclic) bond motifs is 1. The Morgan fingerprint density at radius 2 is 1.80 bits per heavy atom. The van der Waals surface area contributed by atoms with E-state index in [0.29, 0.717) is 17.9 Å². The van der Waals surface area contributed by atoms with Crippen LogP contribution < -0.4 is 9.64 Å². The van der Waals surface area contributed by atoms with Crippen LogP contribution in [0.25, 0.3) is 0 Å². The van der Waals surface area contributed by atoms with E-state index in [9.17, 15) is 18.0 Å². The molecule has 0 atom stereocenters. The number of benzene rings is 2. The molecule has 1 heterocycles. The number of anilines is 1. The molecule has 7 nitrogen and oxygen atoms in total. The number of ketones is 1. The number of aryl methyl sites for hydroxylation is 1. The summed E-state index contributed by atoms with van der Waals surface area (Å²) in [5.41, 5.74) is 3.29. The lowest BCUT2D eigenvalue weighted by atomic mass is 9.96. The third-order valence-electron chi connectivity index (χ3n) is 5.41. The van der Waals surface area contributed by atoms with Gasteiger partial charge in [0.25, 0.3) is 0 Å². The first-order chi connectivity index (χ1) is 14.2. The molecule has 0 saturated carbocycles. The van der Waals surface area contributed by atoms with Crippen LogP contribution in [0.1, 0.15) is 34.8 Å². The molecule has 0 bridgehead atoms.